The third-order valence-corrected chi connectivity index (χ3v) is 3.34. The van der Waals surface area contributed by atoms with Crippen molar-refractivity contribution < 1.29 is 14.3 Å². The van der Waals surface area contributed by atoms with Crippen LogP contribution in [0.25, 0.3) is 0 Å². The summed E-state index contributed by atoms with van der Waals surface area (Å²) in [6.45, 7) is 1.78. The Hall–Kier alpha value is -1.77. The average Bonchev–Trinajstić information content (AvgIpc) is 2.50. The number of halogens is 1. The number of hydrogen-bond donors (Lipinski definition) is 1. The van der Waals surface area contributed by atoms with Gasteiger partial charge in [0, 0.05) is 32.0 Å². The summed E-state index contributed by atoms with van der Waals surface area (Å²) in [5.74, 6) is 2.55. The van der Waals surface area contributed by atoms with E-state index in [1.807, 2.05) is 0 Å². The smallest absolute Gasteiger partial charge is 0.252 e. The standard InChI is InChI=1S/C15H17ClN2O3/c1-2-3-6-17-14(19)11-9-13(16)15(18-10-11)21-12-4-7-20-8-5-12/h1,9-10,12H,3-8H2,(H,17,19). The molecule has 1 aromatic rings. The van der Waals surface area contributed by atoms with E-state index < -0.39 is 0 Å². The lowest BCUT2D eigenvalue weighted by molar-refractivity contribution is 0.0238. The molecule has 0 spiro atoms. The number of rotatable bonds is 5. The van der Waals surface area contributed by atoms with Crippen LogP contribution < -0.4 is 10.1 Å². The molecule has 21 heavy (non-hydrogen) atoms. The molecule has 0 radical (unpaired) electrons. The molecule has 1 aliphatic heterocycles. The van der Waals surface area contributed by atoms with E-state index in [0.29, 0.717) is 42.6 Å². The lowest BCUT2D eigenvalue weighted by Gasteiger charge is -2.23. The SMILES string of the molecule is C#CCCNC(=O)c1cnc(OC2CCOCC2)c(Cl)c1. The number of pyridine rings is 1. The summed E-state index contributed by atoms with van der Waals surface area (Å²) in [7, 11) is 0. The van der Waals surface area contributed by atoms with Gasteiger partial charge in [0.25, 0.3) is 5.91 Å². The second-order valence-electron chi connectivity index (χ2n) is 4.65. The van der Waals surface area contributed by atoms with Crippen molar-refractivity contribution in [2.24, 2.45) is 0 Å². The normalized spacial score (nSPS) is 15.2. The molecular formula is C15H17ClN2O3. The number of amides is 1. The molecule has 1 saturated heterocycles. The monoisotopic (exact) mass is 308 g/mol. The highest BCUT2D eigenvalue weighted by Gasteiger charge is 2.18. The molecule has 2 rings (SSSR count). The molecule has 2 heterocycles. The molecule has 0 bridgehead atoms. The first kappa shape index (κ1) is 15.6. The summed E-state index contributed by atoms with van der Waals surface area (Å²) in [4.78, 5) is 16.0. The Labute approximate surface area is 129 Å². The van der Waals surface area contributed by atoms with Crippen LogP contribution in [0.3, 0.4) is 0 Å². The predicted molar refractivity (Wildman–Crippen MR) is 79.5 cm³/mol. The summed E-state index contributed by atoms with van der Waals surface area (Å²) in [6.07, 6.45) is 8.74. The van der Waals surface area contributed by atoms with Gasteiger partial charge in [-0.1, -0.05) is 11.6 Å². The lowest BCUT2D eigenvalue weighted by Crippen LogP contribution is -2.27. The summed E-state index contributed by atoms with van der Waals surface area (Å²) in [6, 6.07) is 1.55. The Balaban J connectivity index is 1.96. The Kier molecular flexibility index (Phi) is 5.85. The van der Waals surface area contributed by atoms with Crippen molar-refractivity contribution >= 4 is 17.5 Å². The Morgan fingerprint density at radius 3 is 3.00 bits per heavy atom. The van der Waals surface area contributed by atoms with E-state index in [0.717, 1.165) is 12.8 Å². The van der Waals surface area contributed by atoms with E-state index in [4.69, 9.17) is 27.5 Å². The lowest BCUT2D eigenvalue weighted by atomic mass is 10.1. The molecule has 5 nitrogen and oxygen atoms in total. The number of carbonyl (C=O) groups is 1. The molecule has 1 fully saturated rings. The number of carbonyl (C=O) groups excluding carboxylic acids is 1. The van der Waals surface area contributed by atoms with E-state index in [9.17, 15) is 4.79 Å². The van der Waals surface area contributed by atoms with Gasteiger partial charge in [-0.25, -0.2) is 4.98 Å². The third-order valence-electron chi connectivity index (χ3n) is 3.07. The zero-order valence-electron chi connectivity index (χ0n) is 11.6. The Bertz CT molecular complexity index is 536. The van der Waals surface area contributed by atoms with Crippen molar-refractivity contribution in [2.75, 3.05) is 19.8 Å². The number of hydrogen-bond acceptors (Lipinski definition) is 4. The maximum absolute atomic E-state index is 11.8. The van der Waals surface area contributed by atoms with Gasteiger partial charge in [-0.15, -0.1) is 12.3 Å². The van der Waals surface area contributed by atoms with Gasteiger partial charge in [0.2, 0.25) is 5.88 Å². The zero-order chi connectivity index (χ0) is 15.1. The summed E-state index contributed by atoms with van der Waals surface area (Å²) in [5.41, 5.74) is 0.386. The largest absolute Gasteiger partial charge is 0.473 e. The van der Waals surface area contributed by atoms with Crippen LogP contribution in [0, 0.1) is 12.3 Å². The minimum absolute atomic E-state index is 0.0547. The van der Waals surface area contributed by atoms with Crippen molar-refractivity contribution in [3.05, 3.63) is 22.8 Å². The second kappa shape index (κ2) is 7.87. The van der Waals surface area contributed by atoms with Gasteiger partial charge >= 0.3 is 0 Å². The average molecular weight is 309 g/mol. The minimum Gasteiger partial charge on any atom is -0.473 e. The Morgan fingerprint density at radius 1 is 1.57 bits per heavy atom. The van der Waals surface area contributed by atoms with E-state index in [1.54, 1.807) is 6.07 Å². The van der Waals surface area contributed by atoms with Crippen molar-refractivity contribution in [2.45, 2.75) is 25.4 Å². The molecular weight excluding hydrogens is 292 g/mol. The summed E-state index contributed by atoms with van der Waals surface area (Å²) < 4.78 is 11.0. The van der Waals surface area contributed by atoms with Gasteiger partial charge in [-0.3, -0.25) is 4.79 Å². The van der Waals surface area contributed by atoms with E-state index in [2.05, 4.69) is 16.2 Å². The van der Waals surface area contributed by atoms with E-state index in [-0.39, 0.29) is 12.0 Å². The van der Waals surface area contributed by atoms with Crippen LogP contribution in [0.15, 0.2) is 12.3 Å². The number of aromatic nitrogens is 1. The molecule has 0 aliphatic carbocycles. The Morgan fingerprint density at radius 2 is 2.33 bits per heavy atom. The highest BCUT2D eigenvalue weighted by atomic mass is 35.5. The molecule has 6 heteroatoms. The van der Waals surface area contributed by atoms with Gasteiger partial charge in [-0.2, -0.15) is 0 Å². The fraction of sp³-hybridized carbons (Fsp3) is 0.467. The van der Waals surface area contributed by atoms with Crippen molar-refractivity contribution in [1.82, 2.24) is 10.3 Å². The van der Waals surface area contributed by atoms with E-state index in [1.165, 1.54) is 6.20 Å². The van der Waals surface area contributed by atoms with Crippen LogP contribution in [-0.4, -0.2) is 36.8 Å². The predicted octanol–water partition coefficient (Wildman–Crippen LogP) is 2.05. The maximum Gasteiger partial charge on any atom is 0.252 e. The first-order valence-corrected chi connectivity index (χ1v) is 7.20. The van der Waals surface area contributed by atoms with E-state index >= 15 is 0 Å². The van der Waals surface area contributed by atoms with Crippen LogP contribution in [0.1, 0.15) is 29.6 Å². The number of nitrogens with one attached hydrogen (secondary N) is 1. The highest BCUT2D eigenvalue weighted by molar-refractivity contribution is 6.32. The molecule has 1 aliphatic rings. The molecule has 0 saturated carbocycles. The first-order chi connectivity index (χ1) is 10.2. The summed E-state index contributed by atoms with van der Waals surface area (Å²) in [5, 5.41) is 3.02. The highest BCUT2D eigenvalue weighted by Crippen LogP contribution is 2.25. The molecule has 0 unspecified atom stereocenters. The van der Waals surface area contributed by atoms with Gasteiger partial charge in [-0.05, 0) is 6.07 Å². The molecule has 1 aromatic heterocycles. The van der Waals surface area contributed by atoms with Crippen molar-refractivity contribution in [1.29, 1.82) is 0 Å². The second-order valence-corrected chi connectivity index (χ2v) is 5.06. The zero-order valence-corrected chi connectivity index (χ0v) is 12.4. The summed E-state index contributed by atoms with van der Waals surface area (Å²) >= 11 is 6.12. The molecule has 1 amide bonds. The fourth-order valence-electron chi connectivity index (χ4n) is 1.94. The van der Waals surface area contributed by atoms with Crippen LogP contribution >= 0.6 is 11.6 Å². The van der Waals surface area contributed by atoms with Crippen molar-refractivity contribution in [3.63, 3.8) is 0 Å². The van der Waals surface area contributed by atoms with Crippen LogP contribution in [0.5, 0.6) is 5.88 Å². The first-order valence-electron chi connectivity index (χ1n) is 6.82. The number of terminal acetylenes is 1. The maximum atomic E-state index is 11.8. The molecule has 0 atom stereocenters. The number of ether oxygens (including phenoxy) is 2. The number of nitrogens with zero attached hydrogens (tertiary/aromatic N) is 1. The fourth-order valence-corrected chi connectivity index (χ4v) is 2.15. The molecule has 112 valence electrons. The van der Waals surface area contributed by atoms with Gasteiger partial charge in [0.05, 0.1) is 18.8 Å². The van der Waals surface area contributed by atoms with Gasteiger partial charge < -0.3 is 14.8 Å². The van der Waals surface area contributed by atoms with Gasteiger partial charge in [0.1, 0.15) is 11.1 Å². The third kappa shape index (κ3) is 4.62. The van der Waals surface area contributed by atoms with Crippen LogP contribution in [0.4, 0.5) is 0 Å². The minimum atomic E-state index is -0.253. The van der Waals surface area contributed by atoms with Crippen LogP contribution in [-0.2, 0) is 4.74 Å². The molecule has 1 N–H and O–H groups in total. The van der Waals surface area contributed by atoms with Crippen LogP contribution in [0.2, 0.25) is 5.02 Å². The molecule has 0 aromatic carbocycles. The topological polar surface area (TPSA) is 60.5 Å². The van der Waals surface area contributed by atoms with Crippen molar-refractivity contribution in [3.8, 4) is 18.2 Å². The van der Waals surface area contributed by atoms with Gasteiger partial charge in [0.15, 0.2) is 0 Å². The quantitative estimate of drug-likeness (QED) is 0.668.